The Kier molecular flexibility index (Phi) is 5.86. The van der Waals surface area contributed by atoms with Gasteiger partial charge in [0.15, 0.2) is 0 Å². The molecular weight excluding hydrogens is 393 g/mol. The first-order chi connectivity index (χ1) is 9.07. The van der Waals surface area contributed by atoms with Crippen LogP contribution < -0.4 is 0 Å². The molecular formula is C11H12BrCl2NO4S. The second-order valence-corrected chi connectivity index (χ2v) is 7.79. The van der Waals surface area contributed by atoms with Crippen LogP contribution in [-0.4, -0.2) is 36.4 Å². The van der Waals surface area contributed by atoms with E-state index < -0.39 is 28.6 Å². The average molecular weight is 405 g/mol. The van der Waals surface area contributed by atoms with E-state index >= 15 is 0 Å². The van der Waals surface area contributed by atoms with Crippen LogP contribution in [0, 0.1) is 0 Å². The molecule has 112 valence electrons. The topological polar surface area (TPSA) is 74.7 Å². The smallest absolute Gasteiger partial charge is 0.318 e. The number of benzene rings is 1. The molecule has 5 nitrogen and oxygen atoms in total. The molecule has 1 rings (SSSR count). The SMILES string of the molecule is CC(C)N(CC(=O)O)S(=O)(=O)c1c(Cl)cc(Br)cc1Cl. The summed E-state index contributed by atoms with van der Waals surface area (Å²) in [4.78, 5) is 10.5. The summed E-state index contributed by atoms with van der Waals surface area (Å²) in [5, 5.41) is 8.71. The Balaban J connectivity index is 3.45. The van der Waals surface area contributed by atoms with Gasteiger partial charge in [-0.3, -0.25) is 4.79 Å². The maximum Gasteiger partial charge on any atom is 0.318 e. The standard InChI is InChI=1S/C11H12BrCl2NO4S/c1-6(2)15(5-10(16)17)20(18,19)11-8(13)3-7(12)4-9(11)14/h3-4,6H,5H2,1-2H3,(H,16,17). The maximum atomic E-state index is 12.5. The van der Waals surface area contributed by atoms with Gasteiger partial charge in [-0.05, 0) is 26.0 Å². The normalized spacial score (nSPS) is 12.2. The number of carboxylic acid groups (broad SMARTS) is 1. The summed E-state index contributed by atoms with van der Waals surface area (Å²) in [7, 11) is -4.11. The van der Waals surface area contributed by atoms with E-state index in [1.807, 2.05) is 0 Å². The third-order valence-corrected chi connectivity index (χ3v) is 5.80. The van der Waals surface area contributed by atoms with Gasteiger partial charge in [0, 0.05) is 10.5 Å². The van der Waals surface area contributed by atoms with Crippen molar-refractivity contribution in [2.24, 2.45) is 0 Å². The highest BCUT2D eigenvalue weighted by Gasteiger charge is 2.32. The van der Waals surface area contributed by atoms with Gasteiger partial charge in [-0.15, -0.1) is 0 Å². The fraction of sp³-hybridized carbons (Fsp3) is 0.364. The second kappa shape index (κ2) is 6.62. The van der Waals surface area contributed by atoms with Crippen molar-refractivity contribution in [2.75, 3.05) is 6.54 Å². The number of halogens is 3. The van der Waals surface area contributed by atoms with Gasteiger partial charge in [0.2, 0.25) is 10.0 Å². The van der Waals surface area contributed by atoms with Crippen molar-refractivity contribution in [3.8, 4) is 0 Å². The Bertz CT molecular complexity index is 610. The largest absolute Gasteiger partial charge is 0.480 e. The van der Waals surface area contributed by atoms with Gasteiger partial charge in [-0.2, -0.15) is 4.31 Å². The number of carboxylic acids is 1. The molecule has 1 aromatic carbocycles. The van der Waals surface area contributed by atoms with Crippen molar-refractivity contribution in [2.45, 2.75) is 24.8 Å². The summed E-state index contributed by atoms with van der Waals surface area (Å²) >= 11 is 15.0. The van der Waals surface area contributed by atoms with Crippen molar-refractivity contribution in [3.05, 3.63) is 26.7 Å². The van der Waals surface area contributed by atoms with Crippen molar-refractivity contribution in [1.82, 2.24) is 4.31 Å². The average Bonchev–Trinajstić information content (AvgIpc) is 2.22. The molecule has 0 unspecified atom stereocenters. The highest BCUT2D eigenvalue weighted by Crippen LogP contribution is 2.35. The third-order valence-electron chi connectivity index (χ3n) is 2.40. The minimum Gasteiger partial charge on any atom is -0.480 e. The van der Waals surface area contributed by atoms with Gasteiger partial charge in [0.05, 0.1) is 10.0 Å². The molecule has 1 N–H and O–H groups in total. The van der Waals surface area contributed by atoms with E-state index in [2.05, 4.69) is 15.9 Å². The molecule has 0 bridgehead atoms. The minimum absolute atomic E-state index is 0.0691. The molecule has 0 aliphatic heterocycles. The predicted octanol–water partition coefficient (Wildman–Crippen LogP) is 3.24. The minimum atomic E-state index is -4.11. The Morgan fingerprint density at radius 3 is 2.15 bits per heavy atom. The highest BCUT2D eigenvalue weighted by molar-refractivity contribution is 9.10. The van der Waals surface area contributed by atoms with Gasteiger partial charge in [0.25, 0.3) is 0 Å². The van der Waals surface area contributed by atoms with Crippen LogP contribution in [0.2, 0.25) is 10.0 Å². The zero-order chi connectivity index (χ0) is 15.7. The fourth-order valence-electron chi connectivity index (χ4n) is 1.57. The molecule has 1 aromatic rings. The summed E-state index contributed by atoms with van der Waals surface area (Å²) in [6.45, 7) is 2.48. The van der Waals surface area contributed by atoms with Crippen molar-refractivity contribution < 1.29 is 18.3 Å². The summed E-state index contributed by atoms with van der Waals surface area (Å²) < 4.78 is 26.4. The number of aliphatic carboxylic acids is 1. The second-order valence-electron chi connectivity index (χ2n) is 4.24. The molecule has 0 saturated carbocycles. The monoisotopic (exact) mass is 403 g/mol. The van der Waals surface area contributed by atoms with Crippen LogP contribution >= 0.6 is 39.1 Å². The molecule has 0 aromatic heterocycles. The van der Waals surface area contributed by atoms with Gasteiger partial charge in [-0.25, -0.2) is 8.42 Å². The molecule has 9 heteroatoms. The number of nitrogens with zero attached hydrogens (tertiary/aromatic N) is 1. The van der Waals surface area contributed by atoms with Crippen LogP contribution in [0.15, 0.2) is 21.5 Å². The first-order valence-corrected chi connectivity index (χ1v) is 8.44. The zero-order valence-corrected chi connectivity index (χ0v) is 14.5. The van der Waals surface area contributed by atoms with Crippen LogP contribution in [0.1, 0.15) is 13.8 Å². The van der Waals surface area contributed by atoms with Crippen molar-refractivity contribution in [1.29, 1.82) is 0 Å². The Morgan fingerprint density at radius 1 is 1.35 bits per heavy atom. The number of sulfonamides is 1. The lowest BCUT2D eigenvalue weighted by molar-refractivity contribution is -0.137. The molecule has 0 heterocycles. The van der Waals surface area contributed by atoms with Crippen LogP contribution in [0.5, 0.6) is 0 Å². The molecule has 0 saturated heterocycles. The molecule has 0 aliphatic rings. The Labute approximate surface area is 135 Å². The van der Waals surface area contributed by atoms with Crippen LogP contribution in [0.4, 0.5) is 0 Å². The predicted molar refractivity (Wildman–Crippen MR) is 80.8 cm³/mol. The van der Waals surface area contributed by atoms with Crippen LogP contribution in [0.3, 0.4) is 0 Å². The molecule has 20 heavy (non-hydrogen) atoms. The molecule has 0 amide bonds. The Morgan fingerprint density at radius 2 is 1.80 bits per heavy atom. The van der Waals surface area contributed by atoms with Gasteiger partial charge >= 0.3 is 5.97 Å². The van der Waals surface area contributed by atoms with Crippen LogP contribution in [-0.2, 0) is 14.8 Å². The molecule has 0 fully saturated rings. The lowest BCUT2D eigenvalue weighted by atomic mass is 10.4. The van der Waals surface area contributed by atoms with E-state index in [0.29, 0.717) is 4.47 Å². The van der Waals surface area contributed by atoms with Crippen molar-refractivity contribution >= 4 is 55.1 Å². The van der Waals surface area contributed by atoms with E-state index in [1.54, 1.807) is 13.8 Å². The van der Waals surface area contributed by atoms with Crippen LogP contribution in [0.25, 0.3) is 0 Å². The molecule has 0 radical (unpaired) electrons. The Hall–Kier alpha value is -0.340. The summed E-state index contributed by atoms with van der Waals surface area (Å²) in [6.07, 6.45) is 0. The molecule has 0 spiro atoms. The maximum absolute atomic E-state index is 12.5. The fourth-order valence-corrected chi connectivity index (χ4v) is 5.05. The number of rotatable bonds is 5. The summed E-state index contributed by atoms with van der Waals surface area (Å²) in [6, 6.07) is 2.23. The third kappa shape index (κ3) is 3.85. The summed E-state index contributed by atoms with van der Waals surface area (Å²) in [5.74, 6) is -1.26. The first kappa shape index (κ1) is 17.7. The summed E-state index contributed by atoms with van der Waals surface area (Å²) in [5.41, 5.74) is 0. The quantitative estimate of drug-likeness (QED) is 0.817. The number of hydrogen-bond acceptors (Lipinski definition) is 3. The van der Waals surface area contributed by atoms with Gasteiger partial charge in [0.1, 0.15) is 11.4 Å². The lowest BCUT2D eigenvalue weighted by Crippen LogP contribution is -2.40. The number of hydrogen-bond donors (Lipinski definition) is 1. The van der Waals surface area contributed by atoms with Crippen molar-refractivity contribution in [3.63, 3.8) is 0 Å². The van der Waals surface area contributed by atoms with E-state index in [4.69, 9.17) is 28.3 Å². The highest BCUT2D eigenvalue weighted by atomic mass is 79.9. The zero-order valence-electron chi connectivity index (χ0n) is 10.6. The van der Waals surface area contributed by atoms with E-state index in [1.165, 1.54) is 12.1 Å². The van der Waals surface area contributed by atoms with Gasteiger partial charge < -0.3 is 5.11 Å². The molecule has 0 aliphatic carbocycles. The number of carbonyl (C=O) groups is 1. The lowest BCUT2D eigenvalue weighted by Gasteiger charge is -2.25. The first-order valence-electron chi connectivity index (χ1n) is 5.45. The van der Waals surface area contributed by atoms with Gasteiger partial charge in [-0.1, -0.05) is 39.1 Å². The van der Waals surface area contributed by atoms with E-state index in [0.717, 1.165) is 4.31 Å². The van der Waals surface area contributed by atoms with E-state index in [-0.39, 0.29) is 14.9 Å². The van der Waals surface area contributed by atoms with E-state index in [9.17, 15) is 13.2 Å². The molecule has 0 atom stereocenters.